The van der Waals surface area contributed by atoms with E-state index in [4.69, 9.17) is 14.2 Å². The minimum absolute atomic E-state index is 0.115. The first-order valence-corrected chi connectivity index (χ1v) is 13.3. The fourth-order valence-corrected chi connectivity index (χ4v) is 4.82. The van der Waals surface area contributed by atoms with E-state index < -0.39 is 6.04 Å². The van der Waals surface area contributed by atoms with Gasteiger partial charge in [0.1, 0.15) is 6.04 Å². The number of nitrogens with one attached hydrogen (secondary N) is 2. The Kier molecular flexibility index (Phi) is 7.96. The van der Waals surface area contributed by atoms with E-state index in [-0.39, 0.29) is 18.4 Å². The van der Waals surface area contributed by atoms with E-state index in [1.165, 1.54) is 0 Å². The molecule has 0 aliphatic carbocycles. The second-order valence-electron chi connectivity index (χ2n) is 9.64. The molecule has 1 fully saturated rings. The van der Waals surface area contributed by atoms with Crippen molar-refractivity contribution in [3.05, 3.63) is 64.4 Å². The van der Waals surface area contributed by atoms with Gasteiger partial charge < -0.3 is 29.7 Å². The van der Waals surface area contributed by atoms with Crippen molar-refractivity contribution >= 4 is 23.5 Å². The van der Waals surface area contributed by atoms with Crippen LogP contribution in [-0.2, 0) is 14.3 Å². The van der Waals surface area contributed by atoms with E-state index in [1.807, 2.05) is 52.0 Å². The van der Waals surface area contributed by atoms with Crippen LogP contribution in [0.15, 0.2) is 47.7 Å². The van der Waals surface area contributed by atoms with Crippen LogP contribution in [0, 0.1) is 13.8 Å². The predicted octanol–water partition coefficient (Wildman–Crippen LogP) is 2.85. The fourth-order valence-electron chi connectivity index (χ4n) is 4.82. The second kappa shape index (κ2) is 11.7. The number of benzene rings is 2. The summed E-state index contributed by atoms with van der Waals surface area (Å²) in [5.74, 6) is 0.907. The van der Waals surface area contributed by atoms with Crippen molar-refractivity contribution in [1.29, 1.82) is 0 Å². The summed E-state index contributed by atoms with van der Waals surface area (Å²) in [7, 11) is 0. The summed E-state index contributed by atoms with van der Waals surface area (Å²) in [4.78, 5) is 28.1. The summed E-state index contributed by atoms with van der Waals surface area (Å²) in [6.07, 6.45) is 0. The van der Waals surface area contributed by atoms with E-state index >= 15 is 0 Å². The van der Waals surface area contributed by atoms with Gasteiger partial charge in [-0.3, -0.25) is 9.59 Å². The van der Waals surface area contributed by atoms with Crippen molar-refractivity contribution in [2.45, 2.75) is 33.7 Å². The van der Waals surface area contributed by atoms with E-state index in [0.29, 0.717) is 61.6 Å². The molecule has 40 heavy (non-hydrogen) atoms. The van der Waals surface area contributed by atoms with Crippen LogP contribution in [0.5, 0.6) is 11.5 Å². The second-order valence-corrected chi connectivity index (χ2v) is 9.64. The van der Waals surface area contributed by atoms with Crippen LogP contribution >= 0.6 is 0 Å². The fraction of sp³-hybridized carbons (Fsp3) is 0.393. The molecule has 1 saturated heterocycles. The van der Waals surface area contributed by atoms with Crippen molar-refractivity contribution in [2.24, 2.45) is 0 Å². The number of fused-ring (bicyclic) bond motifs is 1. The highest BCUT2D eigenvalue weighted by molar-refractivity contribution is 6.06. The van der Waals surface area contributed by atoms with Crippen LogP contribution in [0.4, 0.5) is 11.6 Å². The van der Waals surface area contributed by atoms with Gasteiger partial charge in [0.05, 0.1) is 25.4 Å². The standard InChI is InChI=1S/C28H33N7O5/c1-5-39-23-15-20(9-10-22(23)40-16-24(36)34-11-13-38-14-12-34)26-25(19(4)29-28-31-32-33-35(26)28)27(37)30-21-8-6-7-17(2)18(21)3/h6-10,15,26H,5,11-14,16H2,1-4H3,(H,30,37)(H,29,31,33). The maximum Gasteiger partial charge on any atom is 0.260 e. The molecule has 1 unspecified atom stereocenters. The van der Waals surface area contributed by atoms with Gasteiger partial charge in [0.25, 0.3) is 11.8 Å². The molecule has 0 spiro atoms. The number of ether oxygens (including phenoxy) is 3. The normalized spacial score (nSPS) is 16.7. The van der Waals surface area contributed by atoms with E-state index in [2.05, 4.69) is 26.2 Å². The molecule has 0 radical (unpaired) electrons. The molecule has 2 N–H and O–H groups in total. The molecule has 12 heteroatoms. The van der Waals surface area contributed by atoms with E-state index in [0.717, 1.165) is 22.4 Å². The summed E-state index contributed by atoms with van der Waals surface area (Å²) in [5.41, 5.74) is 4.60. The Morgan fingerprint density at radius 3 is 2.67 bits per heavy atom. The smallest absolute Gasteiger partial charge is 0.260 e. The lowest BCUT2D eigenvalue weighted by atomic mass is 9.94. The molecule has 1 aromatic heterocycles. The number of nitrogens with zero attached hydrogens (tertiary/aromatic N) is 5. The first kappa shape index (κ1) is 27.1. The summed E-state index contributed by atoms with van der Waals surface area (Å²) in [6.45, 7) is 10.1. The van der Waals surface area contributed by atoms with Crippen LogP contribution in [0.1, 0.15) is 36.6 Å². The molecule has 0 bridgehead atoms. The Morgan fingerprint density at radius 1 is 1.10 bits per heavy atom. The molecule has 2 aromatic carbocycles. The molecule has 2 aliphatic heterocycles. The lowest BCUT2D eigenvalue weighted by Gasteiger charge is -2.29. The average Bonchev–Trinajstić information content (AvgIpc) is 3.42. The van der Waals surface area contributed by atoms with Crippen LogP contribution in [0.3, 0.4) is 0 Å². The van der Waals surface area contributed by atoms with Crippen molar-refractivity contribution in [1.82, 2.24) is 25.1 Å². The first-order valence-electron chi connectivity index (χ1n) is 13.3. The third-order valence-corrected chi connectivity index (χ3v) is 7.11. The van der Waals surface area contributed by atoms with E-state index in [9.17, 15) is 9.59 Å². The zero-order valence-corrected chi connectivity index (χ0v) is 23.1. The minimum atomic E-state index is -0.639. The average molecular weight is 548 g/mol. The molecular formula is C28H33N7O5. The third-order valence-electron chi connectivity index (χ3n) is 7.11. The Morgan fingerprint density at radius 2 is 1.90 bits per heavy atom. The number of aromatic nitrogens is 4. The van der Waals surface area contributed by atoms with Crippen molar-refractivity contribution in [3.63, 3.8) is 0 Å². The van der Waals surface area contributed by atoms with Gasteiger partial charge in [-0.1, -0.05) is 23.3 Å². The molecule has 12 nitrogen and oxygen atoms in total. The molecule has 2 aliphatic rings. The number of carbonyl (C=O) groups excluding carboxylic acids is 2. The minimum Gasteiger partial charge on any atom is -0.490 e. The van der Waals surface area contributed by atoms with Gasteiger partial charge in [-0.15, -0.1) is 0 Å². The largest absolute Gasteiger partial charge is 0.490 e. The Labute approximate surface area is 232 Å². The molecule has 210 valence electrons. The van der Waals surface area contributed by atoms with Gasteiger partial charge in [0, 0.05) is 24.5 Å². The number of tetrazole rings is 1. The van der Waals surface area contributed by atoms with Crippen molar-refractivity contribution in [2.75, 3.05) is 50.2 Å². The Balaban J connectivity index is 1.45. The SMILES string of the molecule is CCOc1cc(C2C(C(=O)Nc3cccc(C)c3C)=C(C)Nc3nnnn32)ccc1OCC(=O)N1CCOCC1. The summed E-state index contributed by atoms with van der Waals surface area (Å²) < 4.78 is 18.7. The number of morpholine rings is 1. The summed E-state index contributed by atoms with van der Waals surface area (Å²) in [6, 6.07) is 10.5. The lowest BCUT2D eigenvalue weighted by Crippen LogP contribution is -2.43. The maximum atomic E-state index is 13.8. The van der Waals surface area contributed by atoms with Gasteiger partial charge in [0.2, 0.25) is 5.95 Å². The number of allylic oxidation sites excluding steroid dienone is 1. The Bertz CT molecular complexity index is 1440. The number of anilines is 2. The van der Waals surface area contributed by atoms with Crippen molar-refractivity contribution < 1.29 is 23.8 Å². The number of carbonyl (C=O) groups is 2. The molecule has 3 aromatic rings. The highest BCUT2D eigenvalue weighted by atomic mass is 16.5. The van der Waals surface area contributed by atoms with Gasteiger partial charge in [-0.2, -0.15) is 4.68 Å². The predicted molar refractivity (Wildman–Crippen MR) is 147 cm³/mol. The van der Waals surface area contributed by atoms with Gasteiger partial charge in [0.15, 0.2) is 18.1 Å². The number of rotatable bonds is 8. The Hall–Kier alpha value is -4.45. The lowest BCUT2D eigenvalue weighted by molar-refractivity contribution is -0.137. The van der Waals surface area contributed by atoms with Crippen LogP contribution in [0.2, 0.25) is 0 Å². The summed E-state index contributed by atoms with van der Waals surface area (Å²) in [5, 5.41) is 18.3. The van der Waals surface area contributed by atoms with Gasteiger partial charge >= 0.3 is 0 Å². The highest BCUT2D eigenvalue weighted by Crippen LogP contribution is 2.39. The number of aryl methyl sites for hydroxylation is 1. The van der Waals surface area contributed by atoms with Gasteiger partial charge in [-0.25, -0.2) is 0 Å². The van der Waals surface area contributed by atoms with Crippen molar-refractivity contribution in [3.8, 4) is 11.5 Å². The molecule has 3 heterocycles. The quantitative estimate of drug-likeness (QED) is 0.437. The molecular weight excluding hydrogens is 514 g/mol. The summed E-state index contributed by atoms with van der Waals surface area (Å²) >= 11 is 0. The molecule has 2 amide bonds. The number of amides is 2. The van der Waals surface area contributed by atoms with Crippen LogP contribution < -0.4 is 20.1 Å². The zero-order chi connectivity index (χ0) is 28.2. The molecule has 5 rings (SSSR count). The van der Waals surface area contributed by atoms with Gasteiger partial charge in [-0.05, 0) is 73.0 Å². The topological polar surface area (TPSA) is 133 Å². The molecule has 0 saturated carbocycles. The van der Waals surface area contributed by atoms with Crippen LogP contribution in [-0.4, -0.2) is 76.4 Å². The first-order chi connectivity index (χ1) is 19.4. The monoisotopic (exact) mass is 547 g/mol. The molecule has 1 atom stereocenters. The number of hydrogen-bond donors (Lipinski definition) is 2. The zero-order valence-electron chi connectivity index (χ0n) is 23.1. The third kappa shape index (κ3) is 5.48. The highest BCUT2D eigenvalue weighted by Gasteiger charge is 2.35. The maximum absolute atomic E-state index is 13.8. The van der Waals surface area contributed by atoms with Crippen LogP contribution in [0.25, 0.3) is 0 Å². The number of hydrogen-bond acceptors (Lipinski definition) is 9. The van der Waals surface area contributed by atoms with E-state index in [1.54, 1.807) is 21.7 Å².